The van der Waals surface area contributed by atoms with Crippen molar-refractivity contribution in [2.45, 2.75) is 33.2 Å². The first-order chi connectivity index (χ1) is 9.11. The van der Waals surface area contributed by atoms with Crippen LogP contribution in [-0.4, -0.2) is 22.0 Å². The summed E-state index contributed by atoms with van der Waals surface area (Å²) >= 11 is 1.64. The lowest BCUT2D eigenvalue weighted by Gasteiger charge is -2.14. The molecule has 0 unspecified atom stereocenters. The number of rotatable bonds is 5. The largest absolute Gasteiger partial charge is 0.373 e. The maximum atomic E-state index is 4.59. The zero-order valence-electron chi connectivity index (χ0n) is 11.7. The second-order valence-electron chi connectivity index (χ2n) is 4.59. The summed E-state index contributed by atoms with van der Waals surface area (Å²) in [7, 11) is 1.88. The Morgan fingerprint density at radius 3 is 2.58 bits per heavy atom. The molecule has 19 heavy (non-hydrogen) atoms. The van der Waals surface area contributed by atoms with E-state index in [-0.39, 0.29) is 0 Å². The molecule has 0 aliphatic carbocycles. The minimum atomic E-state index is 0.299. The fourth-order valence-electron chi connectivity index (χ4n) is 1.71. The molecule has 0 amide bonds. The SMILES string of the molecule is CNc1nc(C(C)C)nc(NCc2nccs2)c1C. The van der Waals surface area contributed by atoms with Crippen molar-refractivity contribution in [2.75, 3.05) is 17.7 Å². The smallest absolute Gasteiger partial charge is 0.135 e. The van der Waals surface area contributed by atoms with Crippen LogP contribution >= 0.6 is 11.3 Å². The molecule has 5 nitrogen and oxygen atoms in total. The maximum Gasteiger partial charge on any atom is 0.135 e. The Balaban J connectivity index is 2.24. The molecule has 0 bridgehead atoms. The first kappa shape index (κ1) is 13.7. The molecule has 0 saturated heterocycles. The molecule has 2 aromatic heterocycles. The normalized spacial score (nSPS) is 10.8. The highest BCUT2D eigenvalue weighted by molar-refractivity contribution is 7.09. The van der Waals surface area contributed by atoms with E-state index in [1.807, 2.05) is 25.5 Å². The van der Waals surface area contributed by atoms with Crippen LogP contribution in [0.3, 0.4) is 0 Å². The van der Waals surface area contributed by atoms with Gasteiger partial charge in [-0.2, -0.15) is 0 Å². The third-order valence-electron chi connectivity index (χ3n) is 2.81. The minimum Gasteiger partial charge on any atom is -0.373 e. The summed E-state index contributed by atoms with van der Waals surface area (Å²) in [4.78, 5) is 13.4. The molecular weight excluding hydrogens is 258 g/mol. The zero-order valence-corrected chi connectivity index (χ0v) is 12.5. The Morgan fingerprint density at radius 1 is 1.26 bits per heavy atom. The summed E-state index contributed by atoms with van der Waals surface area (Å²) < 4.78 is 0. The highest BCUT2D eigenvalue weighted by Crippen LogP contribution is 2.23. The first-order valence-corrected chi connectivity index (χ1v) is 7.18. The molecule has 6 heteroatoms. The van der Waals surface area contributed by atoms with Crippen molar-refractivity contribution in [2.24, 2.45) is 0 Å². The van der Waals surface area contributed by atoms with E-state index in [1.165, 1.54) is 0 Å². The highest BCUT2D eigenvalue weighted by atomic mass is 32.1. The molecule has 0 aliphatic heterocycles. The Morgan fingerprint density at radius 2 is 2.00 bits per heavy atom. The van der Waals surface area contributed by atoms with Gasteiger partial charge in [0.15, 0.2) is 0 Å². The topological polar surface area (TPSA) is 62.7 Å². The molecule has 2 N–H and O–H groups in total. The summed E-state index contributed by atoms with van der Waals surface area (Å²) in [6, 6.07) is 0. The van der Waals surface area contributed by atoms with Crippen molar-refractivity contribution in [3.63, 3.8) is 0 Å². The quantitative estimate of drug-likeness (QED) is 0.879. The van der Waals surface area contributed by atoms with Crippen LogP contribution in [0.2, 0.25) is 0 Å². The van der Waals surface area contributed by atoms with Crippen LogP contribution in [0.1, 0.15) is 36.2 Å². The zero-order chi connectivity index (χ0) is 13.8. The molecule has 0 fully saturated rings. The van der Waals surface area contributed by atoms with Gasteiger partial charge in [0.25, 0.3) is 0 Å². The molecule has 0 spiro atoms. The van der Waals surface area contributed by atoms with Crippen molar-refractivity contribution >= 4 is 23.0 Å². The average Bonchev–Trinajstić information content (AvgIpc) is 2.90. The molecule has 2 rings (SSSR count). The van der Waals surface area contributed by atoms with E-state index in [0.29, 0.717) is 12.5 Å². The van der Waals surface area contributed by atoms with Crippen LogP contribution in [0.15, 0.2) is 11.6 Å². The lowest BCUT2D eigenvalue weighted by Crippen LogP contribution is -2.10. The number of thiazole rings is 1. The van der Waals surface area contributed by atoms with Crippen LogP contribution < -0.4 is 10.6 Å². The van der Waals surface area contributed by atoms with Gasteiger partial charge in [-0.3, -0.25) is 0 Å². The van der Waals surface area contributed by atoms with E-state index in [4.69, 9.17) is 0 Å². The summed E-state index contributed by atoms with van der Waals surface area (Å²) in [6.07, 6.45) is 1.81. The number of nitrogens with one attached hydrogen (secondary N) is 2. The standard InChI is InChI=1S/C13H19N5S/c1-8(2)11-17-12(14-4)9(3)13(18-11)16-7-10-15-5-6-19-10/h5-6,8H,7H2,1-4H3,(H2,14,16,17,18). The molecular formula is C13H19N5S. The van der Waals surface area contributed by atoms with Gasteiger partial charge in [-0.05, 0) is 6.92 Å². The molecule has 102 valence electrons. The van der Waals surface area contributed by atoms with Gasteiger partial charge in [0.2, 0.25) is 0 Å². The number of hydrogen-bond donors (Lipinski definition) is 2. The predicted octanol–water partition coefficient (Wildman–Crippen LogP) is 3.02. The van der Waals surface area contributed by atoms with Gasteiger partial charge in [-0.1, -0.05) is 13.8 Å². The molecule has 2 heterocycles. The van der Waals surface area contributed by atoms with Crippen molar-refractivity contribution in [1.82, 2.24) is 15.0 Å². The lowest BCUT2D eigenvalue weighted by atomic mass is 10.2. The Hall–Kier alpha value is -1.69. The van der Waals surface area contributed by atoms with Crippen LogP contribution in [0, 0.1) is 6.92 Å². The number of anilines is 2. The highest BCUT2D eigenvalue weighted by Gasteiger charge is 2.12. The fourth-order valence-corrected chi connectivity index (χ4v) is 2.26. The maximum absolute atomic E-state index is 4.59. The summed E-state index contributed by atoms with van der Waals surface area (Å²) in [6.45, 7) is 6.89. The lowest BCUT2D eigenvalue weighted by molar-refractivity contribution is 0.773. The molecule has 0 aliphatic rings. The Bertz CT molecular complexity index is 536. The third kappa shape index (κ3) is 3.20. The first-order valence-electron chi connectivity index (χ1n) is 6.30. The van der Waals surface area contributed by atoms with Gasteiger partial charge in [-0.15, -0.1) is 11.3 Å². The van der Waals surface area contributed by atoms with Crippen molar-refractivity contribution in [3.05, 3.63) is 28.0 Å². The molecule has 0 aromatic carbocycles. The number of aromatic nitrogens is 3. The Kier molecular flexibility index (Phi) is 4.31. The van der Waals surface area contributed by atoms with E-state index in [2.05, 4.69) is 39.4 Å². The van der Waals surface area contributed by atoms with E-state index in [0.717, 1.165) is 28.0 Å². The summed E-state index contributed by atoms with van der Waals surface area (Å²) in [5.74, 6) is 2.89. The third-order valence-corrected chi connectivity index (χ3v) is 3.59. The second-order valence-corrected chi connectivity index (χ2v) is 5.57. The number of hydrogen-bond acceptors (Lipinski definition) is 6. The minimum absolute atomic E-state index is 0.299. The van der Waals surface area contributed by atoms with Crippen LogP contribution in [-0.2, 0) is 6.54 Å². The van der Waals surface area contributed by atoms with Gasteiger partial charge in [0.1, 0.15) is 22.5 Å². The van der Waals surface area contributed by atoms with Crippen molar-refractivity contribution in [3.8, 4) is 0 Å². The summed E-state index contributed by atoms with van der Waals surface area (Å²) in [5, 5.41) is 9.49. The van der Waals surface area contributed by atoms with Gasteiger partial charge in [-0.25, -0.2) is 15.0 Å². The predicted molar refractivity (Wildman–Crippen MR) is 79.8 cm³/mol. The monoisotopic (exact) mass is 277 g/mol. The van der Waals surface area contributed by atoms with Crippen molar-refractivity contribution in [1.29, 1.82) is 0 Å². The Labute approximate surface area is 117 Å². The summed E-state index contributed by atoms with van der Waals surface area (Å²) in [5.41, 5.74) is 1.03. The van der Waals surface area contributed by atoms with Gasteiger partial charge in [0, 0.05) is 30.1 Å². The van der Waals surface area contributed by atoms with Gasteiger partial charge in [0.05, 0.1) is 6.54 Å². The fraction of sp³-hybridized carbons (Fsp3) is 0.462. The van der Waals surface area contributed by atoms with Crippen LogP contribution in [0.4, 0.5) is 11.6 Å². The van der Waals surface area contributed by atoms with Crippen LogP contribution in [0.5, 0.6) is 0 Å². The second kappa shape index (κ2) is 5.97. The molecule has 0 radical (unpaired) electrons. The van der Waals surface area contributed by atoms with Crippen LogP contribution in [0.25, 0.3) is 0 Å². The van der Waals surface area contributed by atoms with E-state index >= 15 is 0 Å². The number of nitrogens with zero attached hydrogens (tertiary/aromatic N) is 3. The molecule has 0 saturated carbocycles. The van der Waals surface area contributed by atoms with Gasteiger partial charge >= 0.3 is 0 Å². The molecule has 2 aromatic rings. The van der Waals surface area contributed by atoms with E-state index in [1.54, 1.807) is 11.3 Å². The average molecular weight is 277 g/mol. The van der Waals surface area contributed by atoms with Gasteiger partial charge < -0.3 is 10.6 Å². The van der Waals surface area contributed by atoms with E-state index in [9.17, 15) is 0 Å². The van der Waals surface area contributed by atoms with E-state index < -0.39 is 0 Å². The molecule has 0 atom stereocenters. The van der Waals surface area contributed by atoms with Crippen molar-refractivity contribution < 1.29 is 0 Å².